The molecule has 0 unspecified atom stereocenters. The number of unbranched alkanes of at least 4 members (excludes halogenated alkanes) is 2. The van der Waals surface area contributed by atoms with Gasteiger partial charge in [0.05, 0.1) is 6.61 Å². The molecule has 0 aliphatic rings. The van der Waals surface area contributed by atoms with Crippen LogP contribution in [0.2, 0.25) is 0 Å². The normalized spacial score (nSPS) is 11.1. The van der Waals surface area contributed by atoms with Gasteiger partial charge >= 0.3 is 0 Å². The van der Waals surface area contributed by atoms with E-state index >= 15 is 0 Å². The van der Waals surface area contributed by atoms with Crippen LogP contribution in [0.4, 0.5) is 0 Å². The molecule has 2 heteroatoms. The molecule has 1 N–H and O–H groups in total. The number of aryl methyl sites for hydroxylation is 1. The number of nitrogens with zero attached hydrogens (tertiary/aromatic N) is 1. The molecule has 0 saturated heterocycles. The van der Waals surface area contributed by atoms with Crippen molar-refractivity contribution >= 4 is 10.9 Å². The Morgan fingerprint density at radius 1 is 1.19 bits per heavy atom. The van der Waals surface area contributed by atoms with E-state index in [1.165, 1.54) is 30.2 Å². The monoisotopic (exact) mass is 217 g/mol. The molecule has 16 heavy (non-hydrogen) atoms. The van der Waals surface area contributed by atoms with Gasteiger partial charge in [-0.15, -0.1) is 0 Å². The minimum Gasteiger partial charge on any atom is -0.392 e. The molecule has 0 saturated carbocycles. The van der Waals surface area contributed by atoms with Crippen molar-refractivity contribution < 1.29 is 5.11 Å². The molecule has 1 aromatic heterocycles. The van der Waals surface area contributed by atoms with Crippen molar-refractivity contribution in [3.05, 3.63) is 36.0 Å². The molecule has 0 aliphatic carbocycles. The third-order valence-electron chi connectivity index (χ3n) is 3.02. The molecule has 1 heterocycles. The van der Waals surface area contributed by atoms with Gasteiger partial charge in [-0.3, -0.25) is 0 Å². The van der Waals surface area contributed by atoms with Gasteiger partial charge in [-0.2, -0.15) is 0 Å². The van der Waals surface area contributed by atoms with Crippen LogP contribution in [-0.4, -0.2) is 9.67 Å². The van der Waals surface area contributed by atoms with E-state index in [0.29, 0.717) is 0 Å². The number of aliphatic hydroxyl groups excluding tert-OH is 1. The first kappa shape index (κ1) is 11.2. The molecule has 2 nitrogen and oxygen atoms in total. The van der Waals surface area contributed by atoms with E-state index in [1.54, 1.807) is 0 Å². The van der Waals surface area contributed by atoms with Crippen molar-refractivity contribution in [1.29, 1.82) is 0 Å². The van der Waals surface area contributed by atoms with Crippen LogP contribution in [0.15, 0.2) is 30.5 Å². The molecule has 0 fully saturated rings. The predicted molar refractivity (Wildman–Crippen MR) is 67.4 cm³/mol. The van der Waals surface area contributed by atoms with Gasteiger partial charge in [0.15, 0.2) is 0 Å². The van der Waals surface area contributed by atoms with Crippen LogP contribution in [0.1, 0.15) is 31.7 Å². The molecule has 86 valence electrons. The zero-order valence-electron chi connectivity index (χ0n) is 9.82. The Bertz CT molecular complexity index is 459. The van der Waals surface area contributed by atoms with Crippen molar-refractivity contribution in [2.45, 2.75) is 39.3 Å². The molecular weight excluding hydrogens is 198 g/mol. The lowest BCUT2D eigenvalue weighted by Gasteiger charge is -2.05. The minimum absolute atomic E-state index is 0.121. The van der Waals surface area contributed by atoms with Crippen molar-refractivity contribution in [2.75, 3.05) is 0 Å². The second-order valence-corrected chi connectivity index (χ2v) is 4.27. The van der Waals surface area contributed by atoms with Gasteiger partial charge in [0, 0.05) is 18.3 Å². The molecule has 2 rings (SSSR count). The molecule has 0 amide bonds. The summed E-state index contributed by atoms with van der Waals surface area (Å²) >= 11 is 0. The Hall–Kier alpha value is -1.28. The maximum Gasteiger partial charge on any atom is 0.0682 e. The third kappa shape index (κ3) is 2.27. The summed E-state index contributed by atoms with van der Waals surface area (Å²) in [5, 5.41) is 10.4. The average molecular weight is 217 g/mol. The highest BCUT2D eigenvalue weighted by atomic mass is 16.3. The van der Waals surface area contributed by atoms with Crippen molar-refractivity contribution in [3.8, 4) is 0 Å². The van der Waals surface area contributed by atoms with Gasteiger partial charge in [0.1, 0.15) is 0 Å². The van der Waals surface area contributed by atoms with Crippen LogP contribution < -0.4 is 0 Å². The fourth-order valence-electron chi connectivity index (χ4n) is 2.05. The molecule has 0 atom stereocenters. The van der Waals surface area contributed by atoms with E-state index < -0.39 is 0 Å². The summed E-state index contributed by atoms with van der Waals surface area (Å²) in [5.41, 5.74) is 2.23. The van der Waals surface area contributed by atoms with Gasteiger partial charge in [0.25, 0.3) is 0 Å². The molecule has 0 spiro atoms. The summed E-state index contributed by atoms with van der Waals surface area (Å²) in [7, 11) is 0. The highest BCUT2D eigenvalue weighted by molar-refractivity contribution is 5.80. The zero-order chi connectivity index (χ0) is 11.4. The first-order valence-electron chi connectivity index (χ1n) is 6.03. The number of hydrogen-bond donors (Lipinski definition) is 1. The first-order chi connectivity index (χ1) is 7.85. The standard InChI is InChI=1S/C14H19NO/c1-2-3-4-8-15-9-7-13-6-5-12(11-16)10-14(13)15/h5-7,9-10,16H,2-4,8,11H2,1H3. The molecule has 1 aromatic carbocycles. The maximum atomic E-state index is 9.13. The average Bonchev–Trinajstić information content (AvgIpc) is 2.72. The molecule has 0 bridgehead atoms. The summed E-state index contributed by atoms with van der Waals surface area (Å²) in [6, 6.07) is 8.29. The number of fused-ring (bicyclic) bond motifs is 1. The van der Waals surface area contributed by atoms with E-state index in [4.69, 9.17) is 5.11 Å². The summed E-state index contributed by atoms with van der Waals surface area (Å²) in [6.45, 7) is 3.42. The number of rotatable bonds is 5. The predicted octanol–water partition coefficient (Wildman–Crippen LogP) is 3.32. The van der Waals surface area contributed by atoms with E-state index in [-0.39, 0.29) is 6.61 Å². The highest BCUT2D eigenvalue weighted by Gasteiger charge is 2.01. The van der Waals surface area contributed by atoms with Gasteiger partial charge in [-0.25, -0.2) is 0 Å². The Kier molecular flexibility index (Phi) is 3.62. The lowest BCUT2D eigenvalue weighted by Crippen LogP contribution is -1.96. The van der Waals surface area contributed by atoms with Crippen molar-refractivity contribution in [2.24, 2.45) is 0 Å². The Balaban J connectivity index is 2.24. The lowest BCUT2D eigenvalue weighted by molar-refractivity contribution is 0.282. The second kappa shape index (κ2) is 5.17. The van der Waals surface area contributed by atoms with Crippen molar-refractivity contribution in [3.63, 3.8) is 0 Å². The molecular formula is C14H19NO. The topological polar surface area (TPSA) is 25.2 Å². The SMILES string of the molecule is CCCCCn1ccc2ccc(CO)cc21. The van der Waals surface area contributed by atoms with Crippen LogP contribution >= 0.6 is 0 Å². The van der Waals surface area contributed by atoms with Crippen LogP contribution in [0, 0.1) is 0 Å². The Morgan fingerprint density at radius 2 is 2.06 bits per heavy atom. The van der Waals surface area contributed by atoms with Gasteiger partial charge in [-0.1, -0.05) is 31.9 Å². The van der Waals surface area contributed by atoms with E-state index in [0.717, 1.165) is 12.1 Å². The molecule has 0 aliphatic heterocycles. The van der Waals surface area contributed by atoms with Crippen LogP contribution in [0.25, 0.3) is 10.9 Å². The van der Waals surface area contributed by atoms with Gasteiger partial charge in [0.2, 0.25) is 0 Å². The smallest absolute Gasteiger partial charge is 0.0682 e. The number of hydrogen-bond acceptors (Lipinski definition) is 1. The molecule has 2 aromatic rings. The number of benzene rings is 1. The largest absolute Gasteiger partial charge is 0.392 e. The lowest BCUT2D eigenvalue weighted by atomic mass is 10.2. The summed E-state index contributed by atoms with van der Waals surface area (Å²) in [4.78, 5) is 0. The zero-order valence-corrected chi connectivity index (χ0v) is 9.82. The summed E-state index contributed by atoms with van der Waals surface area (Å²) in [5.74, 6) is 0. The fraction of sp³-hybridized carbons (Fsp3) is 0.429. The van der Waals surface area contributed by atoms with E-state index in [2.05, 4.69) is 35.9 Å². The Labute approximate surface area is 96.5 Å². The second-order valence-electron chi connectivity index (χ2n) is 4.27. The van der Waals surface area contributed by atoms with Gasteiger partial charge < -0.3 is 9.67 Å². The van der Waals surface area contributed by atoms with Crippen LogP contribution in [0.5, 0.6) is 0 Å². The van der Waals surface area contributed by atoms with Crippen molar-refractivity contribution in [1.82, 2.24) is 4.57 Å². The third-order valence-corrected chi connectivity index (χ3v) is 3.02. The number of aromatic nitrogens is 1. The first-order valence-corrected chi connectivity index (χ1v) is 6.03. The quantitative estimate of drug-likeness (QED) is 0.764. The highest BCUT2D eigenvalue weighted by Crippen LogP contribution is 2.18. The Morgan fingerprint density at radius 3 is 2.81 bits per heavy atom. The molecule has 0 radical (unpaired) electrons. The van der Waals surface area contributed by atoms with E-state index in [9.17, 15) is 0 Å². The van der Waals surface area contributed by atoms with Gasteiger partial charge in [-0.05, 0) is 29.5 Å². The number of aliphatic hydroxyl groups is 1. The minimum atomic E-state index is 0.121. The van der Waals surface area contributed by atoms with Crippen LogP contribution in [0.3, 0.4) is 0 Å². The van der Waals surface area contributed by atoms with E-state index in [1.807, 2.05) is 6.07 Å². The fourth-order valence-corrected chi connectivity index (χ4v) is 2.05. The van der Waals surface area contributed by atoms with Crippen LogP contribution in [-0.2, 0) is 13.2 Å². The summed E-state index contributed by atoms with van der Waals surface area (Å²) < 4.78 is 2.28. The summed E-state index contributed by atoms with van der Waals surface area (Å²) in [6.07, 6.45) is 5.89. The maximum absolute atomic E-state index is 9.13.